The molecule has 81 heavy (non-hydrogen) atoms. The van der Waals surface area contributed by atoms with E-state index in [1.165, 1.54) is 18.2 Å². The Balaban J connectivity index is 0.784. The third-order valence-electron chi connectivity index (χ3n) is 15.6. The monoisotopic (exact) mass is 1070 g/mol. The van der Waals surface area contributed by atoms with Crippen molar-refractivity contribution in [1.82, 2.24) is 18.3 Å². The lowest BCUT2D eigenvalue weighted by atomic mass is 10.1. The van der Waals surface area contributed by atoms with Gasteiger partial charge in [-0.25, -0.2) is 18.0 Å². The second-order valence-electron chi connectivity index (χ2n) is 20.4. The number of hydrogen-bond donors (Lipinski definition) is 1. The fourth-order valence-electron chi connectivity index (χ4n) is 12.2. The third-order valence-corrected chi connectivity index (χ3v) is 16.3. The second-order valence-corrected chi connectivity index (χ2v) is 21.4. The summed E-state index contributed by atoms with van der Waals surface area (Å²) in [6, 6.07) is 82.5. The molecule has 0 fully saturated rings. The number of rotatable bonds is 11. The van der Waals surface area contributed by atoms with Crippen molar-refractivity contribution in [2.24, 2.45) is 0 Å². The number of thiol groups is 1. The summed E-state index contributed by atoms with van der Waals surface area (Å²) in [6.45, 7) is -0.337. The van der Waals surface area contributed by atoms with Crippen LogP contribution in [0.1, 0.15) is 31.8 Å². The average Bonchev–Trinajstić information content (AvgIpc) is 4.27. The molecule has 0 aliphatic rings. The van der Waals surface area contributed by atoms with E-state index in [1.807, 2.05) is 121 Å². The Hall–Kier alpha value is -10.5. The Bertz CT molecular complexity index is 4400. The highest BCUT2D eigenvalue weighted by Gasteiger charge is 2.22. The lowest BCUT2D eigenvalue weighted by Gasteiger charge is -2.16. The molecule has 0 radical (unpaired) electrons. The molecule has 0 saturated carbocycles. The van der Waals surface area contributed by atoms with Crippen molar-refractivity contribution in [3.8, 4) is 22.7 Å². The van der Waals surface area contributed by atoms with Crippen LogP contribution in [0.25, 0.3) is 110 Å². The van der Waals surface area contributed by atoms with E-state index in [2.05, 4.69) is 127 Å². The summed E-state index contributed by atoms with van der Waals surface area (Å²) in [5.41, 5.74) is 12.7. The molecule has 10 nitrogen and oxygen atoms in total. The van der Waals surface area contributed by atoms with Crippen LogP contribution in [-0.2, 0) is 33.4 Å². The van der Waals surface area contributed by atoms with Gasteiger partial charge in [0.2, 0.25) is 0 Å². The highest BCUT2D eigenvalue weighted by Crippen LogP contribution is 2.39. The average molecular weight is 1070 g/mol. The molecule has 0 bridgehead atoms. The van der Waals surface area contributed by atoms with E-state index >= 15 is 0 Å². The van der Waals surface area contributed by atoms with Gasteiger partial charge in [0, 0.05) is 65.8 Å². The Kier molecular flexibility index (Phi) is 11.3. The third kappa shape index (κ3) is 7.96. The predicted octanol–water partition coefficient (Wildman–Crippen LogP) is 15.8. The Morgan fingerprint density at radius 2 is 0.519 bits per heavy atom. The minimum absolute atomic E-state index is 0.109. The number of ether oxygens (including phenoxy) is 2. The van der Waals surface area contributed by atoms with E-state index in [0.717, 1.165) is 110 Å². The van der Waals surface area contributed by atoms with Crippen molar-refractivity contribution in [1.29, 1.82) is 0 Å². The summed E-state index contributed by atoms with van der Waals surface area (Å²) in [4.78, 5) is 28.5. The van der Waals surface area contributed by atoms with Gasteiger partial charge in [-0.15, -0.1) is 0 Å². The fourth-order valence-corrected chi connectivity index (χ4v) is 12.7. The van der Waals surface area contributed by atoms with Crippen LogP contribution in [0.2, 0.25) is 0 Å². The summed E-state index contributed by atoms with van der Waals surface area (Å²) in [7, 11) is -3.23. The van der Waals surface area contributed by atoms with Gasteiger partial charge in [-0.05, 0) is 114 Å². The van der Waals surface area contributed by atoms with Gasteiger partial charge < -0.3 is 27.7 Å². The van der Waals surface area contributed by atoms with Gasteiger partial charge in [-0.3, -0.25) is 0 Å². The molecular formula is C70H46N4O6S. The van der Waals surface area contributed by atoms with E-state index in [9.17, 15) is 18.0 Å². The number of aromatic nitrogens is 4. The number of esters is 2. The van der Waals surface area contributed by atoms with Crippen molar-refractivity contribution < 1.29 is 27.5 Å². The smallest absolute Gasteiger partial charge is 0.338 e. The van der Waals surface area contributed by atoms with Crippen LogP contribution < -0.4 is 0 Å². The lowest BCUT2D eigenvalue weighted by Crippen LogP contribution is -2.11. The molecule has 0 aliphatic heterocycles. The van der Waals surface area contributed by atoms with Gasteiger partial charge in [-0.2, -0.15) is 0 Å². The number of carbonyl (C=O) groups excluding carboxylic acids is 2. The van der Waals surface area contributed by atoms with Crippen molar-refractivity contribution >= 4 is 110 Å². The summed E-state index contributed by atoms with van der Waals surface area (Å²) >= 11 is 0. The summed E-state index contributed by atoms with van der Waals surface area (Å²) < 4.78 is 46.7. The molecule has 0 saturated heterocycles. The summed E-state index contributed by atoms with van der Waals surface area (Å²) in [5, 5.41) is 8.82. The zero-order valence-corrected chi connectivity index (χ0v) is 44.2. The Morgan fingerprint density at radius 3 is 0.741 bits per heavy atom. The highest BCUT2D eigenvalue weighted by atomic mass is 32.2. The van der Waals surface area contributed by atoms with Crippen LogP contribution in [0.3, 0.4) is 0 Å². The molecule has 4 heterocycles. The molecule has 388 valence electrons. The van der Waals surface area contributed by atoms with Gasteiger partial charge in [0.1, 0.15) is 13.2 Å². The fraction of sp³-hybridized carbons (Fsp3) is 0.0286. The van der Waals surface area contributed by atoms with E-state index in [1.54, 1.807) is 0 Å². The zero-order chi connectivity index (χ0) is 54.3. The molecule has 4 aromatic heterocycles. The Morgan fingerprint density at radius 1 is 0.296 bits per heavy atom. The summed E-state index contributed by atoms with van der Waals surface area (Å²) in [6.07, 6.45) is 0. The molecule has 11 heteroatoms. The van der Waals surface area contributed by atoms with E-state index in [-0.39, 0.29) is 29.2 Å². The number of fused-ring (bicyclic) bond motifs is 12. The number of nitrogens with zero attached hydrogens (tertiary/aromatic N) is 4. The van der Waals surface area contributed by atoms with E-state index in [0.29, 0.717) is 11.1 Å². The molecule has 15 rings (SSSR count). The van der Waals surface area contributed by atoms with Crippen LogP contribution in [0.15, 0.2) is 254 Å². The number of hydrogen-bond acceptors (Lipinski definition) is 6. The number of carbonyl (C=O) groups is 2. The molecule has 0 unspecified atom stereocenters. The van der Waals surface area contributed by atoms with Crippen LogP contribution in [0.4, 0.5) is 0 Å². The molecule has 0 spiro atoms. The summed E-state index contributed by atoms with van der Waals surface area (Å²) in [5.74, 6) is -1.61. The van der Waals surface area contributed by atoms with Crippen LogP contribution >= 0.6 is 0 Å². The van der Waals surface area contributed by atoms with Crippen LogP contribution in [-0.4, -0.2) is 38.6 Å². The topological polar surface area (TPSA) is 106 Å². The first kappa shape index (κ1) is 47.7. The molecule has 0 N–H and O–H groups in total. The molecule has 0 atom stereocenters. The SMILES string of the molecule is O=C(OCc1cc(-n2c3ccccc3c3ccccc32)cc(-n2c3ccccc3c3ccccc32)c1)c1cc(C(=O)OCc2cc(-n3c4ccccc4c4ccccc43)cc(-n3c4ccccc4c4ccccc43)c2)cc([SH](=O)=O)c1. The molecule has 15 aromatic rings. The normalized spacial score (nSPS) is 11.9. The van der Waals surface area contributed by atoms with Crippen molar-refractivity contribution in [3.63, 3.8) is 0 Å². The molecular weight excluding hydrogens is 1020 g/mol. The molecule has 0 amide bonds. The van der Waals surface area contributed by atoms with E-state index < -0.39 is 22.6 Å². The quantitative estimate of drug-likeness (QED) is 0.102. The van der Waals surface area contributed by atoms with E-state index in [4.69, 9.17) is 9.47 Å². The zero-order valence-electron chi connectivity index (χ0n) is 43.3. The predicted molar refractivity (Wildman–Crippen MR) is 324 cm³/mol. The van der Waals surface area contributed by atoms with Gasteiger partial charge in [0.05, 0.1) is 60.2 Å². The molecule has 11 aromatic carbocycles. The van der Waals surface area contributed by atoms with Crippen molar-refractivity contribution in [3.05, 3.63) is 271 Å². The standard InChI is InChI=1S/C70H46N4O6S/c75-69(79-42-44-33-48(71-61-25-9-1-17-53(61)54-18-2-10-26-62(54)71)40-49(34-44)72-63-27-11-3-19-55(63)56-20-4-12-28-64(56)72)46-37-47(39-52(38-46)81(77)78)70(76)80-43-45-35-50(73-65-29-13-5-21-57(65)58-22-6-14-30-66(58)73)41-51(36-45)74-67-31-15-7-23-59(67)60-24-8-16-32-68(60)74/h1-41,81H,42-43H2. The first-order valence-electron chi connectivity index (χ1n) is 26.7. The maximum atomic E-state index is 14.4. The van der Waals surface area contributed by atoms with Gasteiger partial charge in [0.15, 0.2) is 10.7 Å². The Labute approximate surface area is 465 Å². The number of benzene rings is 11. The first-order chi connectivity index (χ1) is 39.8. The van der Waals surface area contributed by atoms with Crippen LogP contribution in [0.5, 0.6) is 0 Å². The maximum Gasteiger partial charge on any atom is 0.338 e. The second kappa shape index (κ2) is 19.2. The van der Waals surface area contributed by atoms with Gasteiger partial charge in [0.25, 0.3) is 0 Å². The lowest BCUT2D eigenvalue weighted by molar-refractivity contribution is 0.0469. The van der Waals surface area contributed by atoms with Crippen molar-refractivity contribution in [2.75, 3.05) is 0 Å². The first-order valence-corrected chi connectivity index (χ1v) is 27.9. The van der Waals surface area contributed by atoms with Gasteiger partial charge in [-0.1, -0.05) is 146 Å². The minimum atomic E-state index is -3.23. The largest absolute Gasteiger partial charge is 0.457 e. The highest BCUT2D eigenvalue weighted by molar-refractivity contribution is 7.72. The van der Waals surface area contributed by atoms with Crippen LogP contribution in [0, 0.1) is 0 Å². The van der Waals surface area contributed by atoms with Gasteiger partial charge >= 0.3 is 11.9 Å². The van der Waals surface area contributed by atoms with Crippen molar-refractivity contribution in [2.45, 2.75) is 18.1 Å². The molecule has 0 aliphatic carbocycles. The number of para-hydroxylation sites is 8. The minimum Gasteiger partial charge on any atom is -0.457 e. The maximum absolute atomic E-state index is 14.4.